The van der Waals surface area contributed by atoms with E-state index in [2.05, 4.69) is 64.5 Å². The van der Waals surface area contributed by atoms with Gasteiger partial charge in [-0.3, -0.25) is 0 Å². The number of halogens is 1. The van der Waals surface area contributed by atoms with Gasteiger partial charge in [0.15, 0.2) is 0 Å². The second-order valence-electron chi connectivity index (χ2n) is 5.42. The van der Waals surface area contributed by atoms with Gasteiger partial charge in [-0.05, 0) is 24.1 Å². The summed E-state index contributed by atoms with van der Waals surface area (Å²) in [4.78, 5) is 4.50. The second-order valence-corrected chi connectivity index (χ2v) is 6.34. The fourth-order valence-electron chi connectivity index (χ4n) is 2.53. The third kappa shape index (κ3) is 3.13. The maximum absolute atomic E-state index is 6.40. The molecule has 0 aliphatic carbocycles. The molecule has 0 amide bonds. The Bertz CT molecular complexity index is 562. The minimum absolute atomic E-state index is 0.0657. The summed E-state index contributed by atoms with van der Waals surface area (Å²) in [6.07, 6.45) is 4.83. The lowest BCUT2D eigenvalue weighted by Crippen LogP contribution is -2.33. The Morgan fingerprint density at radius 2 is 2.10 bits per heavy atom. The Morgan fingerprint density at radius 1 is 1.35 bits per heavy atom. The first-order valence-electron chi connectivity index (χ1n) is 7.08. The fraction of sp³-hybridized carbons (Fsp3) is 0.438. The highest BCUT2D eigenvalue weighted by atomic mass is 79.9. The lowest BCUT2D eigenvalue weighted by molar-refractivity contribution is 0.440. The lowest BCUT2D eigenvalue weighted by atomic mass is 9.97. The van der Waals surface area contributed by atoms with Crippen LogP contribution in [0.1, 0.15) is 50.5 Å². The molecule has 20 heavy (non-hydrogen) atoms. The number of hydrogen-bond donors (Lipinski definition) is 1. The first-order valence-corrected chi connectivity index (χ1v) is 7.87. The van der Waals surface area contributed by atoms with Gasteiger partial charge in [-0.1, -0.05) is 48.8 Å². The molecule has 108 valence electrons. The van der Waals surface area contributed by atoms with Crippen LogP contribution >= 0.6 is 15.9 Å². The van der Waals surface area contributed by atoms with Gasteiger partial charge in [-0.15, -0.1) is 0 Å². The number of rotatable bonds is 5. The van der Waals surface area contributed by atoms with Crippen LogP contribution in [0.4, 0.5) is 0 Å². The van der Waals surface area contributed by atoms with Crippen LogP contribution in [0.5, 0.6) is 0 Å². The molecule has 2 rings (SSSR count). The molecule has 1 aromatic heterocycles. The summed E-state index contributed by atoms with van der Waals surface area (Å²) in [5.74, 6) is 1.46. The van der Waals surface area contributed by atoms with Gasteiger partial charge in [0.25, 0.3) is 0 Å². The molecule has 0 saturated heterocycles. The minimum Gasteiger partial charge on any atom is -0.326 e. The largest absolute Gasteiger partial charge is 0.326 e. The highest BCUT2D eigenvalue weighted by Crippen LogP contribution is 2.28. The van der Waals surface area contributed by atoms with E-state index in [0.717, 1.165) is 16.7 Å². The van der Waals surface area contributed by atoms with Crippen molar-refractivity contribution in [1.82, 2.24) is 9.55 Å². The van der Waals surface area contributed by atoms with Gasteiger partial charge >= 0.3 is 0 Å². The highest BCUT2D eigenvalue weighted by molar-refractivity contribution is 9.10. The molecule has 2 atom stereocenters. The van der Waals surface area contributed by atoms with Crippen LogP contribution in [-0.2, 0) is 0 Å². The molecular weight excluding hydrogens is 314 g/mol. The van der Waals surface area contributed by atoms with Crippen LogP contribution in [0.3, 0.4) is 0 Å². The lowest BCUT2D eigenvalue weighted by Gasteiger charge is -2.27. The van der Waals surface area contributed by atoms with Crippen molar-refractivity contribution in [1.29, 1.82) is 0 Å². The highest BCUT2D eigenvalue weighted by Gasteiger charge is 2.23. The fourth-order valence-corrected chi connectivity index (χ4v) is 2.95. The molecule has 0 spiro atoms. The van der Waals surface area contributed by atoms with Crippen LogP contribution in [0.2, 0.25) is 0 Å². The van der Waals surface area contributed by atoms with Gasteiger partial charge in [0, 0.05) is 28.8 Å². The molecule has 4 heteroatoms. The van der Waals surface area contributed by atoms with Crippen molar-refractivity contribution < 1.29 is 0 Å². The molecule has 2 unspecified atom stereocenters. The van der Waals surface area contributed by atoms with Crippen molar-refractivity contribution in [2.45, 2.75) is 45.2 Å². The summed E-state index contributed by atoms with van der Waals surface area (Å²) in [7, 11) is 0. The quantitative estimate of drug-likeness (QED) is 0.893. The molecule has 1 aromatic carbocycles. The van der Waals surface area contributed by atoms with E-state index in [0.29, 0.717) is 5.92 Å². The third-order valence-electron chi connectivity index (χ3n) is 3.58. The molecular formula is C16H22BrN3. The molecule has 0 aliphatic rings. The van der Waals surface area contributed by atoms with Gasteiger partial charge in [0.1, 0.15) is 5.82 Å². The van der Waals surface area contributed by atoms with E-state index in [9.17, 15) is 0 Å². The van der Waals surface area contributed by atoms with Crippen molar-refractivity contribution in [2.24, 2.45) is 5.73 Å². The molecule has 3 nitrogen and oxygen atoms in total. The summed E-state index contributed by atoms with van der Waals surface area (Å²) in [6.45, 7) is 6.45. The Labute approximate surface area is 129 Å². The number of nitrogens with zero attached hydrogens (tertiary/aromatic N) is 2. The molecule has 2 N–H and O–H groups in total. The zero-order valence-electron chi connectivity index (χ0n) is 12.3. The summed E-state index contributed by atoms with van der Waals surface area (Å²) < 4.78 is 3.30. The monoisotopic (exact) mass is 335 g/mol. The zero-order chi connectivity index (χ0) is 14.7. The summed E-state index contributed by atoms with van der Waals surface area (Å²) in [5.41, 5.74) is 7.61. The third-order valence-corrected chi connectivity index (χ3v) is 4.08. The maximum atomic E-state index is 6.40. The van der Waals surface area contributed by atoms with E-state index < -0.39 is 0 Å². The molecule has 1 heterocycles. The van der Waals surface area contributed by atoms with E-state index in [-0.39, 0.29) is 12.1 Å². The second kappa shape index (κ2) is 6.55. The zero-order valence-corrected chi connectivity index (χ0v) is 13.8. The van der Waals surface area contributed by atoms with Crippen LogP contribution < -0.4 is 5.73 Å². The molecule has 0 fully saturated rings. The minimum atomic E-state index is 0.0657. The molecule has 0 bridgehead atoms. The van der Waals surface area contributed by atoms with Crippen LogP contribution in [0.15, 0.2) is 41.1 Å². The van der Waals surface area contributed by atoms with Crippen molar-refractivity contribution in [3.63, 3.8) is 0 Å². The Balaban J connectivity index is 2.50. The van der Waals surface area contributed by atoms with Gasteiger partial charge in [-0.2, -0.15) is 0 Å². The maximum Gasteiger partial charge on any atom is 0.111 e. The normalized spacial score (nSPS) is 14.5. The summed E-state index contributed by atoms with van der Waals surface area (Å²) >= 11 is 3.55. The van der Waals surface area contributed by atoms with E-state index in [1.165, 1.54) is 5.56 Å². The number of hydrogen-bond acceptors (Lipinski definition) is 2. The van der Waals surface area contributed by atoms with Crippen LogP contribution in [0.25, 0.3) is 0 Å². The van der Waals surface area contributed by atoms with Gasteiger partial charge in [0.2, 0.25) is 0 Å². The van der Waals surface area contributed by atoms with E-state index in [4.69, 9.17) is 5.73 Å². The van der Waals surface area contributed by atoms with Gasteiger partial charge in [0.05, 0.1) is 6.04 Å². The van der Waals surface area contributed by atoms with Crippen molar-refractivity contribution in [2.75, 3.05) is 0 Å². The predicted molar refractivity (Wildman–Crippen MR) is 86.9 cm³/mol. The number of imidazole rings is 1. The first-order chi connectivity index (χ1) is 9.54. The average Bonchev–Trinajstić information content (AvgIpc) is 2.88. The van der Waals surface area contributed by atoms with Gasteiger partial charge < -0.3 is 10.3 Å². The Morgan fingerprint density at radius 3 is 2.70 bits per heavy atom. The van der Waals surface area contributed by atoms with E-state index >= 15 is 0 Å². The predicted octanol–water partition coefficient (Wildman–Crippen LogP) is 4.10. The topological polar surface area (TPSA) is 43.8 Å². The molecule has 0 saturated carbocycles. The molecule has 0 radical (unpaired) electrons. The number of nitrogens with two attached hydrogens (primary N) is 1. The van der Waals surface area contributed by atoms with Gasteiger partial charge in [-0.25, -0.2) is 4.98 Å². The summed E-state index contributed by atoms with van der Waals surface area (Å²) in [6, 6.07) is 8.56. The molecule has 0 aliphatic heterocycles. The SMILES string of the molecule is CCC(N)C(c1cccc(Br)c1)n1ccnc1C(C)C. The van der Waals surface area contributed by atoms with Crippen molar-refractivity contribution in [3.8, 4) is 0 Å². The first kappa shape index (κ1) is 15.3. The van der Waals surface area contributed by atoms with E-state index in [1.807, 2.05) is 18.5 Å². The number of benzene rings is 1. The van der Waals surface area contributed by atoms with Crippen LogP contribution in [0, 0.1) is 0 Å². The van der Waals surface area contributed by atoms with Crippen molar-refractivity contribution in [3.05, 3.63) is 52.5 Å². The Hall–Kier alpha value is -1.13. The Kier molecular flexibility index (Phi) is 5.00. The smallest absolute Gasteiger partial charge is 0.111 e. The summed E-state index contributed by atoms with van der Waals surface area (Å²) in [5, 5.41) is 0. The van der Waals surface area contributed by atoms with Crippen LogP contribution in [-0.4, -0.2) is 15.6 Å². The average molecular weight is 336 g/mol. The molecule has 2 aromatic rings. The van der Waals surface area contributed by atoms with E-state index in [1.54, 1.807) is 0 Å². The standard InChI is InChI=1S/C16H22BrN3/c1-4-14(18)15(12-6-5-7-13(17)10-12)20-9-8-19-16(20)11(2)3/h5-11,14-15H,4,18H2,1-3H3. The van der Waals surface area contributed by atoms with Crippen molar-refractivity contribution >= 4 is 15.9 Å². The number of aromatic nitrogens is 2.